The molecule has 27 nitrogen and oxygen atoms in total. The van der Waals surface area contributed by atoms with Gasteiger partial charge in [-0.25, -0.2) is 15.0 Å². The molecule has 8 heterocycles. The minimum atomic E-state index is -0.976. The number of carbonyl (C=O) groups excluding carboxylic acids is 10. The van der Waals surface area contributed by atoms with E-state index >= 15 is 0 Å². The van der Waals surface area contributed by atoms with Crippen LogP contribution in [0.25, 0.3) is 0 Å². The molecule has 6 N–H and O–H groups in total. The molecule has 8 aromatic heterocycles. The van der Waals surface area contributed by atoms with Crippen LogP contribution in [0.15, 0.2) is 86.1 Å². The number of amides is 4. The molecule has 0 bridgehead atoms. The number of aromatic nitrogens is 11. The molecular formula is C63H77N17O10. The van der Waals surface area contributed by atoms with E-state index in [1.54, 1.807) is 130 Å². The number of carbonyl (C=O) groups is 10. The number of ketones is 6. The van der Waals surface area contributed by atoms with E-state index in [-0.39, 0.29) is 120 Å². The summed E-state index contributed by atoms with van der Waals surface area (Å²) in [5.74, 6) is -2.81. The number of hydrogen-bond acceptors (Lipinski definition) is 15. The normalized spacial score (nSPS) is 11.7. The zero-order chi connectivity index (χ0) is 65.2. The van der Waals surface area contributed by atoms with E-state index in [4.69, 9.17) is 5.73 Å². The summed E-state index contributed by atoms with van der Waals surface area (Å²) >= 11 is 0. The molecule has 1 atom stereocenters. The summed E-state index contributed by atoms with van der Waals surface area (Å²) in [6.07, 6.45) is 17.7. The predicted octanol–water partition coefficient (Wildman–Crippen LogP) is 4.53. The summed E-state index contributed by atoms with van der Waals surface area (Å²) in [7, 11) is 17.4. The van der Waals surface area contributed by atoms with Crippen LogP contribution in [0.3, 0.4) is 0 Å². The highest BCUT2D eigenvalue weighted by Crippen LogP contribution is 2.22. The van der Waals surface area contributed by atoms with Gasteiger partial charge in [-0.1, -0.05) is 0 Å². The van der Waals surface area contributed by atoms with Crippen molar-refractivity contribution in [3.63, 3.8) is 0 Å². The van der Waals surface area contributed by atoms with Gasteiger partial charge in [0.25, 0.3) is 23.6 Å². The highest BCUT2D eigenvalue weighted by Gasteiger charge is 2.25. The number of nitrogens with zero attached hydrogens (tertiary/aromatic N) is 12. The third-order valence-electron chi connectivity index (χ3n) is 15.3. The van der Waals surface area contributed by atoms with Crippen molar-refractivity contribution in [1.29, 1.82) is 0 Å². The molecule has 0 radical (unpaired) electrons. The molecule has 0 saturated carbocycles. The van der Waals surface area contributed by atoms with Crippen molar-refractivity contribution in [2.45, 2.75) is 76.7 Å². The molecular weight excluding hydrogens is 1150 g/mol. The highest BCUT2D eigenvalue weighted by atomic mass is 16.2. The molecule has 8 aromatic rings. The minimum Gasteiger partial charge on any atom is -0.351 e. The summed E-state index contributed by atoms with van der Waals surface area (Å²) in [6.45, 7) is 0.969. The Morgan fingerprint density at radius 2 is 0.989 bits per heavy atom. The van der Waals surface area contributed by atoms with Crippen molar-refractivity contribution in [1.82, 2.24) is 61.7 Å². The summed E-state index contributed by atoms with van der Waals surface area (Å²) in [6, 6.07) is 7.05. The number of nitrogens with two attached hydrogens (primary N) is 1. The van der Waals surface area contributed by atoms with Crippen molar-refractivity contribution < 1.29 is 47.9 Å². The number of aryl methyl sites for hydroxylation is 8. The van der Waals surface area contributed by atoms with E-state index in [2.05, 4.69) is 41.1 Å². The first-order valence-electron chi connectivity index (χ1n) is 29.3. The van der Waals surface area contributed by atoms with E-state index in [1.165, 1.54) is 49.0 Å². The van der Waals surface area contributed by atoms with Gasteiger partial charge in [0.2, 0.25) is 11.6 Å². The molecule has 0 aliphatic heterocycles. The Morgan fingerprint density at radius 3 is 1.54 bits per heavy atom. The highest BCUT2D eigenvalue weighted by molar-refractivity contribution is 6.07. The Kier molecular flexibility index (Phi) is 21.0. The second kappa shape index (κ2) is 28.8. The lowest BCUT2D eigenvalue weighted by molar-refractivity contribution is -0.120. The molecule has 0 aliphatic rings. The van der Waals surface area contributed by atoms with Crippen molar-refractivity contribution in [2.24, 2.45) is 62.1 Å². The number of hydrogen-bond donors (Lipinski definition) is 5. The monoisotopic (exact) mass is 1230 g/mol. The zero-order valence-corrected chi connectivity index (χ0v) is 52.4. The summed E-state index contributed by atoms with van der Waals surface area (Å²) < 4.78 is 12.6. The van der Waals surface area contributed by atoms with Gasteiger partial charge in [-0.15, -0.1) is 0 Å². The Balaban J connectivity index is 0.758. The van der Waals surface area contributed by atoms with E-state index in [9.17, 15) is 47.9 Å². The largest absolute Gasteiger partial charge is 0.351 e. The van der Waals surface area contributed by atoms with Gasteiger partial charge < -0.3 is 68.4 Å². The molecule has 0 aromatic carbocycles. The topological polar surface area (TPSA) is 326 Å². The molecule has 0 spiro atoms. The van der Waals surface area contributed by atoms with E-state index < -0.39 is 29.7 Å². The zero-order valence-electron chi connectivity index (χ0n) is 52.4. The Labute approximate surface area is 519 Å². The van der Waals surface area contributed by atoms with Gasteiger partial charge in [-0.3, -0.25) is 47.9 Å². The van der Waals surface area contributed by atoms with E-state index in [0.717, 1.165) is 19.4 Å². The minimum absolute atomic E-state index is 0.00379. The maximum absolute atomic E-state index is 13.7. The fourth-order valence-electron chi connectivity index (χ4n) is 10.7. The van der Waals surface area contributed by atoms with Gasteiger partial charge in [-0.2, -0.15) is 0 Å². The molecule has 1 unspecified atom stereocenters. The van der Waals surface area contributed by atoms with Gasteiger partial charge >= 0.3 is 0 Å². The lowest BCUT2D eigenvalue weighted by atomic mass is 10.0. The smallest absolute Gasteiger partial charge is 0.291 e. The van der Waals surface area contributed by atoms with Gasteiger partial charge in [0.1, 0.15) is 17.2 Å². The van der Waals surface area contributed by atoms with Crippen LogP contribution in [0.1, 0.15) is 152 Å². The molecule has 4 amide bonds. The third-order valence-corrected chi connectivity index (χ3v) is 15.3. The average molecular weight is 1230 g/mol. The van der Waals surface area contributed by atoms with Crippen LogP contribution in [0.2, 0.25) is 0 Å². The van der Waals surface area contributed by atoms with Crippen LogP contribution in [-0.4, -0.2) is 148 Å². The maximum Gasteiger partial charge on any atom is 0.291 e. The van der Waals surface area contributed by atoms with Crippen LogP contribution in [0.4, 0.5) is 17.2 Å². The summed E-state index contributed by atoms with van der Waals surface area (Å²) in [5, 5.41) is 10.9. The predicted molar refractivity (Wildman–Crippen MR) is 334 cm³/mol. The number of anilines is 3. The van der Waals surface area contributed by atoms with Crippen LogP contribution in [0, 0.1) is 0 Å². The number of unbranched alkanes of at least 4 members (excludes halogenated alkanes) is 1. The SMILES string of the molecule is CN(C)CCCCC(=O)CCCC(=O)c1cc(CC(=O)c2cc(CC(=O)c3cc(CC(=O)c4nc(CC(=O)C(N)CCNC(=O)c5cc(NC(=O)c6nc(NC(=O)c7cc(NC(=O)c8nccn8C)cn7C)cn6C)cn5C)cn4C)cn3C)cn2C)cn1C. The fraction of sp³-hybridized carbons (Fsp3) is 0.381. The lowest BCUT2D eigenvalue weighted by Gasteiger charge is -2.11. The number of Topliss-reactive ketones (excluding diaryl/α,β-unsaturated/α-hetero) is 6. The molecule has 0 saturated heterocycles. The van der Waals surface area contributed by atoms with Crippen molar-refractivity contribution >= 4 is 75.5 Å². The standard InChI is InChI=1S/C63H77N17O10/c1-72(2)20-12-11-14-44(81)15-13-16-51(82)46-22-38(31-74(46)4)25-53(84)47-23-39(32-75(47)5)26-54(85)48-24-40(33-76(48)6)27-55(86)57-67-43(36-79(57)9)30-52(83)45(64)17-18-66-60(87)49-28-41(34-77(49)7)69-63(90)59-70-56(37-80(59)10)71-61(88)50-29-42(35-78(50)8)68-62(89)58-65-19-21-73(58)3/h19,21-24,28-29,31-37,45H,11-18,20,25-27,30,64H2,1-10H3,(H,66,87)(H,68,89)(H,69,90)(H,71,88). The fourth-order valence-corrected chi connectivity index (χ4v) is 10.7. The number of rotatable bonds is 32. The maximum atomic E-state index is 13.7. The second-order valence-electron chi connectivity index (χ2n) is 23.1. The van der Waals surface area contributed by atoms with Crippen molar-refractivity contribution in [3.05, 3.63) is 154 Å². The van der Waals surface area contributed by atoms with E-state index in [0.29, 0.717) is 64.4 Å². The Bertz CT molecular complexity index is 4050. The third kappa shape index (κ3) is 16.5. The van der Waals surface area contributed by atoms with Crippen LogP contribution < -0.4 is 27.0 Å². The second-order valence-corrected chi connectivity index (χ2v) is 23.1. The number of nitrogens with one attached hydrogen (secondary N) is 4. The number of imidazole rings is 3. The molecule has 27 heteroatoms. The Morgan fingerprint density at radius 1 is 0.478 bits per heavy atom. The lowest BCUT2D eigenvalue weighted by Crippen LogP contribution is -2.36. The van der Waals surface area contributed by atoms with Crippen LogP contribution in [0.5, 0.6) is 0 Å². The first-order valence-corrected chi connectivity index (χ1v) is 29.3. The van der Waals surface area contributed by atoms with Crippen molar-refractivity contribution in [3.8, 4) is 0 Å². The molecule has 0 aliphatic carbocycles. The van der Waals surface area contributed by atoms with Gasteiger partial charge in [0.15, 0.2) is 40.6 Å². The summed E-state index contributed by atoms with van der Waals surface area (Å²) in [5.41, 5.74) is 10.8. The van der Waals surface area contributed by atoms with Gasteiger partial charge in [-0.05, 0) is 93.3 Å². The molecule has 90 heavy (non-hydrogen) atoms. The quantitative estimate of drug-likeness (QED) is 0.0286. The van der Waals surface area contributed by atoms with Crippen molar-refractivity contribution in [2.75, 3.05) is 43.1 Å². The molecule has 0 fully saturated rings. The first-order chi connectivity index (χ1) is 42.7. The van der Waals surface area contributed by atoms with Gasteiger partial charge in [0, 0.05) is 157 Å². The molecule has 474 valence electrons. The molecule has 8 rings (SSSR count). The van der Waals surface area contributed by atoms with E-state index in [1.807, 2.05) is 14.1 Å². The van der Waals surface area contributed by atoms with Crippen LogP contribution in [-0.2, 0) is 91.7 Å². The van der Waals surface area contributed by atoms with Crippen LogP contribution >= 0.6 is 0 Å². The average Bonchev–Trinajstić information content (AvgIpc) is 2.82. The van der Waals surface area contributed by atoms with Gasteiger partial charge in [0.05, 0.1) is 46.6 Å². The Hall–Kier alpha value is -10.2. The first kappa shape index (κ1) is 65.8. The summed E-state index contributed by atoms with van der Waals surface area (Å²) in [4.78, 5) is 147.